The van der Waals surface area contributed by atoms with Gasteiger partial charge in [0.2, 0.25) is 5.91 Å². The topological polar surface area (TPSA) is 54.5 Å². The fraction of sp³-hybridized carbons (Fsp3) is 0.923. The number of carbonyl (C=O) groups excluding carboxylic acids is 1. The van der Waals surface area contributed by atoms with Crippen LogP contribution >= 0.6 is 0 Å². The Hall–Kier alpha value is -0.580. The van der Waals surface area contributed by atoms with Crippen LogP contribution in [0.2, 0.25) is 0 Å². The summed E-state index contributed by atoms with van der Waals surface area (Å²) >= 11 is 0. The fourth-order valence-electron chi connectivity index (χ4n) is 3.09. The van der Waals surface area contributed by atoms with Gasteiger partial charge in [0, 0.05) is 25.8 Å². The lowest BCUT2D eigenvalue weighted by molar-refractivity contribution is -0.130. The van der Waals surface area contributed by atoms with E-state index in [2.05, 4.69) is 0 Å². The molecule has 0 aromatic carbocycles. The van der Waals surface area contributed by atoms with E-state index in [0.29, 0.717) is 25.9 Å². The molecule has 5 heteroatoms. The molecule has 0 spiro atoms. The lowest BCUT2D eigenvalue weighted by Gasteiger charge is -2.17. The Kier molecular flexibility index (Phi) is 4.30. The summed E-state index contributed by atoms with van der Waals surface area (Å²) in [6, 6.07) is 0. The fourth-order valence-corrected chi connectivity index (χ4v) is 4.07. The molecule has 1 saturated carbocycles. The van der Waals surface area contributed by atoms with E-state index in [-0.39, 0.29) is 11.2 Å². The first-order valence-electron chi connectivity index (χ1n) is 6.93. The SMILES string of the molecule is CS(=O)(=O)C1CCN(C(=O)CCC2CCCC2)C1. The Morgan fingerprint density at radius 2 is 1.89 bits per heavy atom. The zero-order chi connectivity index (χ0) is 13.2. The van der Waals surface area contributed by atoms with Crippen LogP contribution in [-0.2, 0) is 14.6 Å². The van der Waals surface area contributed by atoms with Gasteiger partial charge in [0.05, 0.1) is 5.25 Å². The van der Waals surface area contributed by atoms with Crippen molar-refractivity contribution in [3.63, 3.8) is 0 Å². The average Bonchev–Trinajstić information content (AvgIpc) is 2.96. The second-order valence-electron chi connectivity index (χ2n) is 5.77. The first-order valence-corrected chi connectivity index (χ1v) is 8.89. The average molecular weight is 273 g/mol. The van der Waals surface area contributed by atoms with Gasteiger partial charge in [-0.1, -0.05) is 25.7 Å². The maximum atomic E-state index is 12.0. The van der Waals surface area contributed by atoms with Gasteiger partial charge in [-0.2, -0.15) is 0 Å². The zero-order valence-corrected chi connectivity index (χ0v) is 11.9. The zero-order valence-electron chi connectivity index (χ0n) is 11.1. The highest BCUT2D eigenvalue weighted by molar-refractivity contribution is 7.91. The summed E-state index contributed by atoms with van der Waals surface area (Å²) in [5.41, 5.74) is 0. The molecule has 1 unspecified atom stereocenters. The number of nitrogens with zero attached hydrogens (tertiary/aromatic N) is 1. The summed E-state index contributed by atoms with van der Waals surface area (Å²) in [4.78, 5) is 13.7. The molecule has 1 atom stereocenters. The molecule has 0 aromatic rings. The van der Waals surface area contributed by atoms with Crippen LogP contribution in [0.3, 0.4) is 0 Å². The van der Waals surface area contributed by atoms with E-state index in [4.69, 9.17) is 0 Å². The minimum absolute atomic E-state index is 0.146. The molecule has 0 radical (unpaired) electrons. The van der Waals surface area contributed by atoms with Crippen LogP contribution in [-0.4, -0.2) is 43.8 Å². The summed E-state index contributed by atoms with van der Waals surface area (Å²) < 4.78 is 22.9. The summed E-state index contributed by atoms with van der Waals surface area (Å²) in [5.74, 6) is 0.871. The highest BCUT2D eigenvalue weighted by Gasteiger charge is 2.32. The third kappa shape index (κ3) is 3.46. The number of rotatable bonds is 4. The number of sulfone groups is 1. The molecule has 1 aliphatic carbocycles. The lowest BCUT2D eigenvalue weighted by atomic mass is 10.0. The van der Waals surface area contributed by atoms with Crippen LogP contribution in [0.5, 0.6) is 0 Å². The van der Waals surface area contributed by atoms with Crippen molar-refractivity contribution < 1.29 is 13.2 Å². The van der Waals surface area contributed by atoms with E-state index in [1.165, 1.54) is 31.9 Å². The molecule has 104 valence electrons. The molecule has 4 nitrogen and oxygen atoms in total. The third-order valence-electron chi connectivity index (χ3n) is 4.34. The predicted octanol–water partition coefficient (Wildman–Crippen LogP) is 1.60. The van der Waals surface area contributed by atoms with Gasteiger partial charge in [0.25, 0.3) is 0 Å². The Morgan fingerprint density at radius 1 is 1.22 bits per heavy atom. The van der Waals surface area contributed by atoms with Crippen molar-refractivity contribution in [3.8, 4) is 0 Å². The van der Waals surface area contributed by atoms with Crippen LogP contribution < -0.4 is 0 Å². The molecule has 18 heavy (non-hydrogen) atoms. The van der Waals surface area contributed by atoms with E-state index >= 15 is 0 Å². The lowest BCUT2D eigenvalue weighted by Crippen LogP contribution is -2.31. The van der Waals surface area contributed by atoms with E-state index in [1.807, 2.05) is 0 Å². The molecule has 1 saturated heterocycles. The number of hydrogen-bond acceptors (Lipinski definition) is 3. The van der Waals surface area contributed by atoms with Gasteiger partial charge in [-0.25, -0.2) is 8.42 Å². The number of carbonyl (C=O) groups is 1. The standard InChI is InChI=1S/C13H23NO3S/c1-18(16,17)12-8-9-14(10-12)13(15)7-6-11-4-2-3-5-11/h11-12H,2-10H2,1H3. The van der Waals surface area contributed by atoms with Gasteiger partial charge in [0.1, 0.15) is 0 Å². The molecule has 1 amide bonds. The van der Waals surface area contributed by atoms with Gasteiger partial charge in [0.15, 0.2) is 9.84 Å². The minimum Gasteiger partial charge on any atom is -0.341 e. The normalized spacial score (nSPS) is 25.8. The van der Waals surface area contributed by atoms with Crippen LogP contribution in [0.4, 0.5) is 0 Å². The molecule has 2 fully saturated rings. The van der Waals surface area contributed by atoms with Gasteiger partial charge in [-0.3, -0.25) is 4.79 Å². The van der Waals surface area contributed by atoms with Crippen LogP contribution in [0.1, 0.15) is 44.9 Å². The molecule has 2 aliphatic rings. The van der Waals surface area contributed by atoms with Crippen molar-refractivity contribution in [2.24, 2.45) is 5.92 Å². The second kappa shape index (κ2) is 5.59. The molecule has 0 bridgehead atoms. The predicted molar refractivity (Wildman–Crippen MR) is 71.0 cm³/mol. The Bertz CT molecular complexity index is 398. The van der Waals surface area contributed by atoms with Crippen molar-refractivity contribution >= 4 is 15.7 Å². The summed E-state index contributed by atoms with van der Waals surface area (Å²) in [6.07, 6.45) is 8.59. The number of amides is 1. The van der Waals surface area contributed by atoms with E-state index in [1.54, 1.807) is 4.90 Å². The first-order chi connectivity index (χ1) is 8.47. The smallest absolute Gasteiger partial charge is 0.222 e. The molecule has 1 aliphatic heterocycles. The largest absolute Gasteiger partial charge is 0.341 e. The summed E-state index contributed by atoms with van der Waals surface area (Å²) in [6.45, 7) is 1.02. The summed E-state index contributed by atoms with van der Waals surface area (Å²) in [7, 11) is -2.99. The number of hydrogen-bond donors (Lipinski definition) is 0. The maximum Gasteiger partial charge on any atom is 0.222 e. The molecule has 0 N–H and O–H groups in total. The Labute approximate surface area is 110 Å². The highest BCUT2D eigenvalue weighted by Crippen LogP contribution is 2.29. The van der Waals surface area contributed by atoms with Crippen LogP contribution in [0.15, 0.2) is 0 Å². The van der Waals surface area contributed by atoms with Crippen molar-refractivity contribution in [1.82, 2.24) is 4.90 Å². The second-order valence-corrected chi connectivity index (χ2v) is 8.09. The maximum absolute atomic E-state index is 12.0. The molecule has 0 aromatic heterocycles. The molecule has 2 rings (SSSR count). The molecule has 1 heterocycles. The van der Waals surface area contributed by atoms with E-state index in [0.717, 1.165) is 12.3 Å². The Balaban J connectivity index is 1.76. The van der Waals surface area contributed by atoms with Crippen LogP contribution in [0, 0.1) is 5.92 Å². The van der Waals surface area contributed by atoms with Crippen molar-refractivity contribution in [2.45, 2.75) is 50.2 Å². The van der Waals surface area contributed by atoms with Gasteiger partial charge in [-0.05, 0) is 18.8 Å². The van der Waals surface area contributed by atoms with E-state index < -0.39 is 9.84 Å². The monoisotopic (exact) mass is 273 g/mol. The Morgan fingerprint density at radius 3 is 2.44 bits per heavy atom. The quantitative estimate of drug-likeness (QED) is 0.782. The minimum atomic E-state index is -2.99. The van der Waals surface area contributed by atoms with Gasteiger partial charge < -0.3 is 4.90 Å². The van der Waals surface area contributed by atoms with Gasteiger partial charge in [-0.15, -0.1) is 0 Å². The van der Waals surface area contributed by atoms with Gasteiger partial charge >= 0.3 is 0 Å². The summed E-state index contributed by atoms with van der Waals surface area (Å²) in [5, 5.41) is -0.340. The molecular weight excluding hydrogens is 250 g/mol. The number of likely N-dealkylation sites (tertiary alicyclic amines) is 1. The van der Waals surface area contributed by atoms with Crippen molar-refractivity contribution in [3.05, 3.63) is 0 Å². The third-order valence-corrected chi connectivity index (χ3v) is 5.94. The van der Waals surface area contributed by atoms with Crippen LogP contribution in [0.25, 0.3) is 0 Å². The highest BCUT2D eigenvalue weighted by atomic mass is 32.2. The molecular formula is C13H23NO3S. The van der Waals surface area contributed by atoms with E-state index in [9.17, 15) is 13.2 Å². The van der Waals surface area contributed by atoms with Crippen molar-refractivity contribution in [1.29, 1.82) is 0 Å². The first kappa shape index (κ1) is 13.8. The van der Waals surface area contributed by atoms with Crippen molar-refractivity contribution in [2.75, 3.05) is 19.3 Å².